The minimum absolute atomic E-state index is 0.0135. The van der Waals surface area contributed by atoms with Gasteiger partial charge in [-0.2, -0.15) is 9.97 Å². The maximum absolute atomic E-state index is 18.1. The van der Waals surface area contributed by atoms with E-state index in [9.17, 15) is 4.79 Å². The number of anilines is 1. The topological polar surface area (TPSA) is 98.7 Å². The van der Waals surface area contributed by atoms with Crippen molar-refractivity contribution in [3.05, 3.63) is 53.6 Å². The maximum Gasteiger partial charge on any atom is 0.410 e. The van der Waals surface area contributed by atoms with Crippen LogP contribution in [0, 0.1) is 28.5 Å². The van der Waals surface area contributed by atoms with Crippen LogP contribution < -0.4 is 14.4 Å². The van der Waals surface area contributed by atoms with Gasteiger partial charge in [-0.3, -0.25) is 9.80 Å². The third-order valence-electron chi connectivity index (χ3n) is 15.2. The molecule has 2 unspecified atom stereocenters. The van der Waals surface area contributed by atoms with E-state index in [1.165, 1.54) is 13.2 Å². The van der Waals surface area contributed by atoms with Crippen LogP contribution in [0.5, 0.6) is 11.8 Å². The van der Waals surface area contributed by atoms with E-state index in [4.69, 9.17) is 33.7 Å². The van der Waals surface area contributed by atoms with Crippen LogP contribution in [0.3, 0.4) is 0 Å². The highest BCUT2D eigenvalue weighted by atomic mass is 28.3. The van der Waals surface area contributed by atoms with Crippen molar-refractivity contribution >= 4 is 41.7 Å². The van der Waals surface area contributed by atoms with Gasteiger partial charge in [0.15, 0.2) is 12.6 Å². The molecule has 4 aromatic rings. The van der Waals surface area contributed by atoms with E-state index < -0.39 is 25.3 Å². The summed E-state index contributed by atoms with van der Waals surface area (Å²) in [4.78, 5) is 29.7. The molecule has 1 spiro atoms. The van der Waals surface area contributed by atoms with Crippen LogP contribution in [0.1, 0.15) is 106 Å². The van der Waals surface area contributed by atoms with E-state index >= 15 is 8.78 Å². The summed E-state index contributed by atoms with van der Waals surface area (Å²) in [5.41, 5.74) is 5.03. The monoisotopic (exact) mass is 937 g/mol. The van der Waals surface area contributed by atoms with Crippen LogP contribution in [-0.2, 0) is 14.2 Å². The summed E-state index contributed by atoms with van der Waals surface area (Å²) in [6.07, 6.45) is 5.43. The number of benzene rings is 3. The summed E-state index contributed by atoms with van der Waals surface area (Å²) in [5, 5.41) is 1.59. The summed E-state index contributed by atoms with van der Waals surface area (Å²) in [5.74, 6) is 2.78. The lowest BCUT2D eigenvalue weighted by Crippen LogP contribution is -2.57. The van der Waals surface area contributed by atoms with Gasteiger partial charge >= 0.3 is 12.1 Å². The largest absolute Gasteiger partial charge is 0.468 e. The van der Waals surface area contributed by atoms with Gasteiger partial charge in [0.1, 0.15) is 36.6 Å². The number of rotatable bonds is 13. The fraction of sp³-hybridized carbons (Fsp3) is 0.604. The first kappa shape index (κ1) is 47.5. The lowest BCUT2D eigenvalue weighted by Gasteiger charge is -2.42. The highest BCUT2D eigenvalue weighted by Gasteiger charge is 2.51. The van der Waals surface area contributed by atoms with Crippen molar-refractivity contribution in [1.29, 1.82) is 0 Å². The molecule has 14 heteroatoms. The van der Waals surface area contributed by atoms with Crippen molar-refractivity contribution in [3.63, 3.8) is 0 Å². The first-order valence-corrected chi connectivity index (χ1v) is 26.8. The molecule has 360 valence electrons. The van der Waals surface area contributed by atoms with Gasteiger partial charge in [-0.25, -0.2) is 13.6 Å². The molecule has 0 radical (unpaired) electrons. The van der Waals surface area contributed by atoms with Gasteiger partial charge < -0.3 is 28.6 Å². The quantitative estimate of drug-likeness (QED) is 0.0732. The first-order chi connectivity index (χ1) is 31.8. The van der Waals surface area contributed by atoms with Gasteiger partial charge in [0.05, 0.1) is 36.5 Å². The summed E-state index contributed by atoms with van der Waals surface area (Å²) in [7, 11) is -0.663. The van der Waals surface area contributed by atoms with Crippen molar-refractivity contribution in [2.45, 2.75) is 141 Å². The number of hydrogen-bond donors (Lipinski definition) is 0. The second kappa shape index (κ2) is 18.1. The van der Waals surface area contributed by atoms with Crippen LogP contribution >= 0.6 is 0 Å². The van der Waals surface area contributed by atoms with Gasteiger partial charge in [-0.05, 0) is 106 Å². The Balaban J connectivity index is 1.16. The maximum atomic E-state index is 18.1. The summed E-state index contributed by atoms with van der Waals surface area (Å²) >= 11 is 0. The zero-order valence-corrected chi connectivity index (χ0v) is 42.2. The molecule has 5 aliphatic rings. The molecule has 3 aromatic carbocycles. The molecular weight excluding hydrogens is 869 g/mol. The molecular formula is C53H69F2N5O6Si. The molecule has 2 bridgehead atoms. The van der Waals surface area contributed by atoms with Crippen LogP contribution in [-0.4, -0.2) is 117 Å². The van der Waals surface area contributed by atoms with Gasteiger partial charge in [0.2, 0.25) is 0 Å². The average Bonchev–Trinajstić information content (AvgIpc) is 4.19. The number of fused-ring (bicyclic) bond motifs is 4. The standard InChI is InChI=1S/C53H69F2N5O6Si/c1-33(2)67(34(3)4,35(5)6)23-16-36-12-11-13-37-24-40(64-32-62-10)25-41(44(36)37)45-43(54)26-42-47(46(45)55)56-49(63-31-52(17-18-52)29-58-21-22-65-53(30-58)19-20-53)57-48(42)59-27-38-14-15-39(28-59)60(38)50(61)66-51(7,8)9/h11-13,24-26,33-35,38-39H,14-15,17-22,27-32H2,1-10H3. The Morgan fingerprint density at radius 2 is 1.66 bits per heavy atom. The van der Waals surface area contributed by atoms with E-state index in [2.05, 4.69) is 57.9 Å². The van der Waals surface area contributed by atoms with Crippen molar-refractivity contribution in [2.75, 3.05) is 64.7 Å². The second-order valence-electron chi connectivity index (χ2n) is 22.1. The van der Waals surface area contributed by atoms with Crippen LogP contribution in [0.2, 0.25) is 16.6 Å². The Morgan fingerprint density at radius 1 is 0.955 bits per heavy atom. The smallest absolute Gasteiger partial charge is 0.410 e. The molecule has 5 fully saturated rings. The summed E-state index contributed by atoms with van der Waals surface area (Å²) < 4.78 is 65.2. The fourth-order valence-electron chi connectivity index (χ4n) is 11.6. The molecule has 2 atom stereocenters. The van der Waals surface area contributed by atoms with Crippen molar-refractivity contribution in [1.82, 2.24) is 19.8 Å². The van der Waals surface area contributed by atoms with Crippen LogP contribution in [0.4, 0.5) is 19.4 Å². The normalized spacial score (nSPS) is 21.1. The number of aromatic nitrogens is 2. The number of amides is 1. The summed E-state index contributed by atoms with van der Waals surface area (Å²) in [6, 6.07) is 10.4. The molecule has 3 saturated heterocycles. The SMILES string of the molecule is COCOc1cc(-c2c(F)cc3c(N4CC5CCC(C4)N5C(=O)OC(C)(C)C)nc(OCC4(CN5CCOC6(CC6)C5)CC4)nc3c2F)c2c(C#C[Si](C(C)C)(C(C)C)C(C)C)cccc2c1. The summed E-state index contributed by atoms with van der Waals surface area (Å²) in [6.45, 7) is 23.8. The lowest BCUT2D eigenvalue weighted by atomic mass is 9.93. The minimum Gasteiger partial charge on any atom is -0.468 e. The number of carbonyl (C=O) groups excluding carboxylic acids is 1. The molecule has 4 heterocycles. The Morgan fingerprint density at radius 3 is 2.28 bits per heavy atom. The third kappa shape index (κ3) is 9.34. The van der Waals surface area contributed by atoms with Gasteiger partial charge in [-0.1, -0.05) is 59.6 Å². The number of methoxy groups -OCH3 is 1. The number of carbonyl (C=O) groups is 1. The highest BCUT2D eigenvalue weighted by Crippen LogP contribution is 2.50. The van der Waals surface area contributed by atoms with Crippen LogP contribution in [0.15, 0.2) is 36.4 Å². The molecule has 1 amide bonds. The third-order valence-corrected chi connectivity index (χ3v) is 21.5. The number of halogens is 2. The Kier molecular flexibility index (Phi) is 12.8. The van der Waals surface area contributed by atoms with Crippen molar-refractivity contribution in [2.24, 2.45) is 5.41 Å². The zero-order chi connectivity index (χ0) is 47.6. The minimum atomic E-state index is -2.19. The molecule has 9 rings (SSSR count). The second-order valence-corrected chi connectivity index (χ2v) is 27.6. The van der Waals surface area contributed by atoms with E-state index in [1.54, 1.807) is 6.07 Å². The van der Waals surface area contributed by atoms with Gasteiger partial charge in [0, 0.05) is 67.1 Å². The lowest BCUT2D eigenvalue weighted by molar-refractivity contribution is -0.0532. The number of hydrogen-bond acceptors (Lipinski definition) is 10. The fourth-order valence-corrected chi connectivity index (χ4v) is 16.9. The number of ether oxygens (including phenoxy) is 5. The first-order valence-electron chi connectivity index (χ1n) is 24.5. The highest BCUT2D eigenvalue weighted by molar-refractivity contribution is 6.90. The molecule has 0 N–H and O–H groups in total. The van der Waals surface area contributed by atoms with E-state index in [0.29, 0.717) is 64.4 Å². The Labute approximate surface area is 396 Å². The predicted octanol–water partition coefficient (Wildman–Crippen LogP) is 10.9. The van der Waals surface area contributed by atoms with E-state index in [0.717, 1.165) is 70.2 Å². The van der Waals surface area contributed by atoms with Gasteiger partial charge in [0.25, 0.3) is 0 Å². The van der Waals surface area contributed by atoms with Crippen LogP contribution in [0.25, 0.3) is 32.8 Å². The molecule has 3 aliphatic heterocycles. The van der Waals surface area contributed by atoms with E-state index in [-0.39, 0.29) is 58.5 Å². The molecule has 1 aromatic heterocycles. The zero-order valence-electron chi connectivity index (χ0n) is 41.2. The van der Waals surface area contributed by atoms with E-state index in [1.807, 2.05) is 54.8 Å². The molecule has 2 saturated carbocycles. The predicted molar refractivity (Wildman–Crippen MR) is 261 cm³/mol. The molecule has 11 nitrogen and oxygen atoms in total. The number of piperazine rings is 1. The Hall–Kier alpha value is -4.55. The molecule has 67 heavy (non-hydrogen) atoms. The average molecular weight is 938 g/mol. The van der Waals surface area contributed by atoms with Gasteiger partial charge in [-0.15, -0.1) is 5.54 Å². The van der Waals surface area contributed by atoms with Crippen molar-refractivity contribution in [3.8, 4) is 34.4 Å². The Bertz CT molecular complexity index is 2560. The molecule has 2 aliphatic carbocycles. The number of nitrogens with zero attached hydrogens (tertiary/aromatic N) is 5. The van der Waals surface area contributed by atoms with Crippen molar-refractivity contribution < 1.29 is 37.3 Å². The number of morpholine rings is 1.